The molecule has 7 nitrogen and oxygen atoms in total. The minimum atomic E-state index is -0.314. The SMILES string of the molecule is CN=C(NCCNC(=O)Cc1ccc(F)cc1)NCC(C)Oc1cccc(OC)c1.I. The van der Waals surface area contributed by atoms with Gasteiger partial charge in [0.25, 0.3) is 0 Å². The topological polar surface area (TPSA) is 84.0 Å². The zero-order valence-electron chi connectivity index (χ0n) is 18.0. The van der Waals surface area contributed by atoms with Gasteiger partial charge in [0.2, 0.25) is 5.91 Å². The zero-order valence-corrected chi connectivity index (χ0v) is 20.3. The Balaban J connectivity index is 0.00000480. The van der Waals surface area contributed by atoms with Crippen molar-refractivity contribution in [3.8, 4) is 11.5 Å². The number of methoxy groups -OCH3 is 1. The molecule has 0 fully saturated rings. The Labute approximate surface area is 199 Å². The average molecular weight is 544 g/mol. The lowest BCUT2D eigenvalue weighted by Gasteiger charge is -2.18. The van der Waals surface area contributed by atoms with Crippen LogP contribution < -0.4 is 25.4 Å². The van der Waals surface area contributed by atoms with Crippen molar-refractivity contribution in [3.05, 3.63) is 59.9 Å². The van der Waals surface area contributed by atoms with Crippen molar-refractivity contribution >= 4 is 35.8 Å². The van der Waals surface area contributed by atoms with Gasteiger partial charge in [0, 0.05) is 26.2 Å². The van der Waals surface area contributed by atoms with E-state index >= 15 is 0 Å². The zero-order chi connectivity index (χ0) is 21.8. The van der Waals surface area contributed by atoms with Gasteiger partial charge >= 0.3 is 0 Å². The molecule has 9 heteroatoms. The van der Waals surface area contributed by atoms with Crippen molar-refractivity contribution in [1.82, 2.24) is 16.0 Å². The summed E-state index contributed by atoms with van der Waals surface area (Å²) in [6, 6.07) is 13.3. The quantitative estimate of drug-likeness (QED) is 0.186. The number of rotatable bonds is 10. The van der Waals surface area contributed by atoms with Crippen molar-refractivity contribution in [2.24, 2.45) is 4.99 Å². The van der Waals surface area contributed by atoms with Gasteiger partial charge in [-0.1, -0.05) is 18.2 Å². The Hall–Kier alpha value is -2.56. The Morgan fingerprint density at radius 1 is 1.06 bits per heavy atom. The predicted molar refractivity (Wildman–Crippen MR) is 131 cm³/mol. The maximum Gasteiger partial charge on any atom is 0.224 e. The van der Waals surface area contributed by atoms with Gasteiger partial charge in [-0.05, 0) is 36.8 Å². The highest BCUT2D eigenvalue weighted by Gasteiger charge is 2.07. The molecule has 2 aromatic carbocycles. The van der Waals surface area contributed by atoms with Crippen LogP contribution in [-0.2, 0) is 11.2 Å². The lowest BCUT2D eigenvalue weighted by Crippen LogP contribution is -2.44. The number of carbonyl (C=O) groups excluding carboxylic acids is 1. The van der Waals surface area contributed by atoms with Crippen molar-refractivity contribution in [2.75, 3.05) is 33.8 Å². The maximum atomic E-state index is 12.9. The van der Waals surface area contributed by atoms with E-state index in [2.05, 4.69) is 20.9 Å². The number of hydrogen-bond donors (Lipinski definition) is 3. The fourth-order valence-corrected chi connectivity index (χ4v) is 2.64. The largest absolute Gasteiger partial charge is 0.497 e. The highest BCUT2D eigenvalue weighted by Crippen LogP contribution is 2.19. The summed E-state index contributed by atoms with van der Waals surface area (Å²) in [5, 5.41) is 9.14. The fourth-order valence-electron chi connectivity index (χ4n) is 2.64. The van der Waals surface area contributed by atoms with E-state index in [4.69, 9.17) is 9.47 Å². The Kier molecular flexibility index (Phi) is 12.3. The van der Waals surface area contributed by atoms with Crippen LogP contribution in [-0.4, -0.2) is 51.8 Å². The van der Waals surface area contributed by atoms with Crippen LogP contribution >= 0.6 is 24.0 Å². The Morgan fingerprint density at radius 3 is 2.42 bits per heavy atom. The molecule has 2 aromatic rings. The maximum absolute atomic E-state index is 12.9. The van der Waals surface area contributed by atoms with Crippen LogP contribution in [0.5, 0.6) is 11.5 Å². The van der Waals surface area contributed by atoms with Crippen molar-refractivity contribution in [3.63, 3.8) is 0 Å². The van der Waals surface area contributed by atoms with E-state index in [0.29, 0.717) is 25.6 Å². The lowest BCUT2D eigenvalue weighted by molar-refractivity contribution is -0.120. The van der Waals surface area contributed by atoms with Crippen molar-refractivity contribution in [1.29, 1.82) is 0 Å². The summed E-state index contributed by atoms with van der Waals surface area (Å²) in [5.74, 6) is 1.66. The standard InChI is InChI=1S/C22H29FN4O3.HI/c1-16(30-20-6-4-5-19(14-20)29-3)15-27-22(24-2)26-12-11-25-21(28)13-17-7-9-18(23)10-8-17;/h4-10,14,16H,11-13,15H2,1-3H3,(H,25,28)(H2,24,26,27);1H. The van der Waals surface area contributed by atoms with Crippen LogP contribution in [0.15, 0.2) is 53.5 Å². The monoisotopic (exact) mass is 544 g/mol. The normalized spacial score (nSPS) is 11.7. The molecular weight excluding hydrogens is 514 g/mol. The summed E-state index contributed by atoms with van der Waals surface area (Å²) in [5.41, 5.74) is 0.768. The van der Waals surface area contributed by atoms with Crippen LogP contribution in [0.25, 0.3) is 0 Å². The molecule has 0 heterocycles. The highest BCUT2D eigenvalue weighted by atomic mass is 127. The minimum Gasteiger partial charge on any atom is -0.497 e. The number of ether oxygens (including phenoxy) is 2. The second kappa shape index (κ2) is 14.4. The average Bonchev–Trinajstić information content (AvgIpc) is 2.75. The summed E-state index contributed by atoms with van der Waals surface area (Å²) in [6.07, 6.45) is 0.123. The van der Waals surface area contributed by atoms with Crippen LogP contribution in [0.4, 0.5) is 4.39 Å². The van der Waals surface area contributed by atoms with Gasteiger partial charge in [-0.3, -0.25) is 9.79 Å². The highest BCUT2D eigenvalue weighted by molar-refractivity contribution is 14.0. The second-order valence-corrected chi connectivity index (χ2v) is 6.64. The van der Waals surface area contributed by atoms with Crippen LogP contribution in [0, 0.1) is 5.82 Å². The van der Waals surface area contributed by atoms with E-state index in [-0.39, 0.29) is 48.2 Å². The van der Waals surface area contributed by atoms with E-state index in [1.54, 1.807) is 26.3 Å². The molecule has 0 aliphatic heterocycles. The number of halogens is 2. The van der Waals surface area contributed by atoms with E-state index in [1.165, 1.54) is 12.1 Å². The first-order valence-corrected chi connectivity index (χ1v) is 9.76. The molecule has 0 saturated heterocycles. The molecule has 1 amide bonds. The summed E-state index contributed by atoms with van der Waals surface area (Å²) in [6.45, 7) is 3.46. The van der Waals surface area contributed by atoms with Gasteiger partial charge in [-0.25, -0.2) is 4.39 Å². The molecule has 1 unspecified atom stereocenters. The summed E-state index contributed by atoms with van der Waals surface area (Å²) >= 11 is 0. The number of carbonyl (C=O) groups is 1. The predicted octanol–water partition coefficient (Wildman–Crippen LogP) is 2.74. The molecule has 3 N–H and O–H groups in total. The number of guanidine groups is 1. The van der Waals surface area contributed by atoms with Crippen molar-refractivity contribution < 1.29 is 18.7 Å². The smallest absolute Gasteiger partial charge is 0.224 e. The van der Waals surface area contributed by atoms with Gasteiger partial charge < -0.3 is 25.4 Å². The molecule has 0 bridgehead atoms. The molecule has 0 aliphatic carbocycles. The first kappa shape index (κ1) is 26.5. The van der Waals surface area contributed by atoms with Gasteiger partial charge in [0.15, 0.2) is 5.96 Å². The molecule has 0 spiro atoms. The van der Waals surface area contributed by atoms with Crippen LogP contribution in [0.1, 0.15) is 12.5 Å². The molecule has 170 valence electrons. The molecule has 1 atom stereocenters. The summed E-state index contributed by atoms with van der Waals surface area (Å²) < 4.78 is 24.0. The summed E-state index contributed by atoms with van der Waals surface area (Å²) in [7, 11) is 3.29. The van der Waals surface area contributed by atoms with Gasteiger partial charge in [-0.2, -0.15) is 0 Å². The molecular formula is C22H30FIN4O3. The molecule has 0 aliphatic rings. The van der Waals surface area contributed by atoms with E-state index in [1.807, 2.05) is 31.2 Å². The molecule has 0 radical (unpaired) electrons. The van der Waals surface area contributed by atoms with Crippen LogP contribution in [0.2, 0.25) is 0 Å². The third kappa shape index (κ3) is 10.3. The molecule has 0 aromatic heterocycles. The fraction of sp³-hybridized carbons (Fsp3) is 0.364. The van der Waals surface area contributed by atoms with Crippen LogP contribution in [0.3, 0.4) is 0 Å². The van der Waals surface area contributed by atoms with E-state index < -0.39 is 0 Å². The number of hydrogen-bond acceptors (Lipinski definition) is 4. The number of nitrogens with one attached hydrogen (secondary N) is 3. The van der Waals surface area contributed by atoms with Gasteiger partial charge in [-0.15, -0.1) is 24.0 Å². The third-order valence-corrected chi connectivity index (χ3v) is 4.18. The minimum absolute atomic E-state index is 0. The number of benzene rings is 2. The first-order valence-electron chi connectivity index (χ1n) is 9.76. The molecule has 2 rings (SSSR count). The van der Waals surface area contributed by atoms with E-state index in [0.717, 1.165) is 17.1 Å². The van der Waals surface area contributed by atoms with Gasteiger partial charge in [0.1, 0.15) is 23.4 Å². The number of aliphatic imine (C=N–C) groups is 1. The molecule has 31 heavy (non-hydrogen) atoms. The number of amides is 1. The third-order valence-electron chi connectivity index (χ3n) is 4.18. The number of nitrogens with zero attached hydrogens (tertiary/aromatic N) is 1. The first-order chi connectivity index (χ1) is 14.5. The summed E-state index contributed by atoms with van der Waals surface area (Å²) in [4.78, 5) is 16.1. The molecule has 0 saturated carbocycles. The Morgan fingerprint density at radius 2 is 1.74 bits per heavy atom. The van der Waals surface area contributed by atoms with E-state index in [9.17, 15) is 9.18 Å². The van der Waals surface area contributed by atoms with Gasteiger partial charge in [0.05, 0.1) is 20.1 Å². The Bertz CT molecular complexity index is 834. The lowest BCUT2D eigenvalue weighted by atomic mass is 10.1. The second-order valence-electron chi connectivity index (χ2n) is 6.64. The van der Waals surface area contributed by atoms with Crippen molar-refractivity contribution in [2.45, 2.75) is 19.4 Å².